The molecule has 0 radical (unpaired) electrons. The normalized spacial score (nSPS) is 11.0. The van der Waals surface area contributed by atoms with Crippen LogP contribution in [0.5, 0.6) is 5.75 Å². The summed E-state index contributed by atoms with van der Waals surface area (Å²) in [5.41, 5.74) is 3.82. The molecular formula is C23H24N6O2. The van der Waals surface area contributed by atoms with Gasteiger partial charge in [0, 0.05) is 28.9 Å². The van der Waals surface area contributed by atoms with Gasteiger partial charge < -0.3 is 15.4 Å². The van der Waals surface area contributed by atoms with E-state index in [9.17, 15) is 4.79 Å². The van der Waals surface area contributed by atoms with Gasteiger partial charge in [0.25, 0.3) is 5.91 Å². The van der Waals surface area contributed by atoms with Crippen LogP contribution in [0.2, 0.25) is 0 Å². The molecule has 3 N–H and O–H groups in total. The molecule has 0 aliphatic rings. The lowest BCUT2D eigenvalue weighted by molar-refractivity contribution is -0.123. The number of fused-ring (bicyclic) bond motifs is 1. The third-order valence-electron chi connectivity index (χ3n) is 4.62. The lowest BCUT2D eigenvalue weighted by atomic mass is 10.1. The Bertz CT molecular complexity index is 1220. The SMILES string of the molecule is Cc1cc2[nH]ncc2cc1Nc1ccnc(-c2cccc(OCC(=O)NC(C)C)c2)n1. The quantitative estimate of drug-likeness (QED) is 0.421. The number of H-pyrrole nitrogens is 1. The average Bonchev–Trinajstić information content (AvgIpc) is 3.19. The van der Waals surface area contributed by atoms with Crippen molar-refractivity contribution in [1.82, 2.24) is 25.5 Å². The van der Waals surface area contributed by atoms with E-state index in [1.807, 2.05) is 57.2 Å². The maximum absolute atomic E-state index is 11.8. The molecule has 0 saturated carbocycles. The number of benzene rings is 2. The maximum atomic E-state index is 11.8. The van der Waals surface area contributed by atoms with Gasteiger partial charge in [0.1, 0.15) is 11.6 Å². The molecule has 8 heteroatoms. The van der Waals surface area contributed by atoms with Crippen molar-refractivity contribution < 1.29 is 9.53 Å². The van der Waals surface area contributed by atoms with Crippen molar-refractivity contribution in [3.8, 4) is 17.1 Å². The predicted octanol–water partition coefficient (Wildman–Crippen LogP) is 3.98. The van der Waals surface area contributed by atoms with Crippen molar-refractivity contribution in [1.29, 1.82) is 0 Å². The van der Waals surface area contributed by atoms with Crippen molar-refractivity contribution >= 4 is 28.3 Å². The Morgan fingerprint density at radius 1 is 1.19 bits per heavy atom. The molecule has 8 nitrogen and oxygen atoms in total. The van der Waals surface area contributed by atoms with Crippen LogP contribution in [0.1, 0.15) is 19.4 Å². The molecule has 0 aliphatic heterocycles. The smallest absolute Gasteiger partial charge is 0.258 e. The highest BCUT2D eigenvalue weighted by Crippen LogP contribution is 2.26. The van der Waals surface area contributed by atoms with Gasteiger partial charge in [-0.25, -0.2) is 9.97 Å². The molecule has 0 unspecified atom stereocenters. The molecule has 4 rings (SSSR count). The third-order valence-corrected chi connectivity index (χ3v) is 4.62. The molecular weight excluding hydrogens is 392 g/mol. The molecule has 0 spiro atoms. The highest BCUT2D eigenvalue weighted by molar-refractivity contribution is 5.84. The van der Waals surface area contributed by atoms with Crippen LogP contribution in [0, 0.1) is 6.92 Å². The van der Waals surface area contributed by atoms with Crippen molar-refractivity contribution in [2.75, 3.05) is 11.9 Å². The number of carbonyl (C=O) groups excluding carboxylic acids is 1. The zero-order valence-corrected chi connectivity index (χ0v) is 17.6. The number of nitrogens with one attached hydrogen (secondary N) is 3. The van der Waals surface area contributed by atoms with E-state index in [0.29, 0.717) is 17.4 Å². The summed E-state index contributed by atoms with van der Waals surface area (Å²) in [4.78, 5) is 20.8. The summed E-state index contributed by atoms with van der Waals surface area (Å²) in [5, 5.41) is 14.2. The van der Waals surface area contributed by atoms with Crippen LogP contribution in [0.15, 0.2) is 54.9 Å². The number of amides is 1. The molecule has 0 bridgehead atoms. The lowest BCUT2D eigenvalue weighted by Crippen LogP contribution is -2.34. The first-order chi connectivity index (χ1) is 15.0. The maximum Gasteiger partial charge on any atom is 0.258 e. The molecule has 2 aromatic carbocycles. The Morgan fingerprint density at radius 2 is 2.06 bits per heavy atom. The van der Waals surface area contributed by atoms with Crippen LogP contribution in [-0.2, 0) is 4.79 Å². The summed E-state index contributed by atoms with van der Waals surface area (Å²) in [7, 11) is 0. The molecule has 0 aliphatic carbocycles. The summed E-state index contributed by atoms with van der Waals surface area (Å²) < 4.78 is 5.61. The second-order valence-corrected chi connectivity index (χ2v) is 7.55. The fourth-order valence-electron chi connectivity index (χ4n) is 3.18. The highest BCUT2D eigenvalue weighted by Gasteiger charge is 2.09. The van der Waals surface area contributed by atoms with Crippen LogP contribution < -0.4 is 15.4 Å². The van der Waals surface area contributed by atoms with Crippen LogP contribution >= 0.6 is 0 Å². The van der Waals surface area contributed by atoms with Gasteiger partial charge in [-0.1, -0.05) is 12.1 Å². The molecule has 1 amide bonds. The van der Waals surface area contributed by atoms with Gasteiger partial charge in [-0.3, -0.25) is 9.89 Å². The van der Waals surface area contributed by atoms with E-state index in [-0.39, 0.29) is 18.6 Å². The predicted molar refractivity (Wildman–Crippen MR) is 120 cm³/mol. The van der Waals surface area contributed by atoms with Crippen molar-refractivity contribution in [2.24, 2.45) is 0 Å². The Kier molecular flexibility index (Phi) is 5.79. The number of nitrogens with zero attached hydrogens (tertiary/aromatic N) is 3. The van der Waals surface area contributed by atoms with Gasteiger partial charge in [0.2, 0.25) is 0 Å². The number of hydrogen-bond donors (Lipinski definition) is 3. The van der Waals surface area contributed by atoms with Gasteiger partial charge in [-0.2, -0.15) is 5.10 Å². The van der Waals surface area contributed by atoms with Crippen LogP contribution in [0.25, 0.3) is 22.3 Å². The summed E-state index contributed by atoms with van der Waals surface area (Å²) in [6.45, 7) is 5.80. The second-order valence-electron chi connectivity index (χ2n) is 7.55. The summed E-state index contributed by atoms with van der Waals surface area (Å²) in [6, 6.07) is 13.4. The van der Waals surface area contributed by atoms with Gasteiger partial charge in [-0.15, -0.1) is 0 Å². The minimum absolute atomic E-state index is 0.0418. The summed E-state index contributed by atoms with van der Waals surface area (Å²) in [6.07, 6.45) is 3.50. The molecule has 158 valence electrons. The van der Waals surface area contributed by atoms with E-state index >= 15 is 0 Å². The second kappa shape index (κ2) is 8.83. The summed E-state index contributed by atoms with van der Waals surface area (Å²) >= 11 is 0. The van der Waals surface area contributed by atoms with Gasteiger partial charge in [0.15, 0.2) is 12.4 Å². The minimum atomic E-state index is -0.159. The molecule has 4 aromatic rings. The zero-order chi connectivity index (χ0) is 21.8. The highest BCUT2D eigenvalue weighted by atomic mass is 16.5. The molecule has 2 aromatic heterocycles. The average molecular weight is 416 g/mol. The van der Waals surface area contributed by atoms with Gasteiger partial charge in [-0.05, 0) is 56.7 Å². The molecule has 2 heterocycles. The number of aromatic nitrogens is 4. The van der Waals surface area contributed by atoms with Crippen LogP contribution in [-0.4, -0.2) is 38.7 Å². The Hall–Kier alpha value is -3.94. The topological polar surface area (TPSA) is 105 Å². The van der Waals surface area contributed by atoms with Crippen molar-refractivity contribution in [3.05, 3.63) is 60.4 Å². The fraction of sp³-hybridized carbons (Fsp3) is 0.217. The first-order valence-corrected chi connectivity index (χ1v) is 10.0. The number of anilines is 2. The standard InChI is InChI=1S/C23H24N6O2/c1-14(2)26-22(30)13-31-18-6-4-5-16(10-18)23-24-8-7-21(28-23)27-19-11-17-12-25-29-20(17)9-15(19)3/h4-12,14H,13H2,1-3H3,(H,25,29)(H,26,30)(H,24,27,28). The van der Waals surface area contributed by atoms with Crippen molar-refractivity contribution in [3.63, 3.8) is 0 Å². The molecule has 31 heavy (non-hydrogen) atoms. The number of carbonyl (C=O) groups is 1. The minimum Gasteiger partial charge on any atom is -0.484 e. The monoisotopic (exact) mass is 416 g/mol. The van der Waals surface area contributed by atoms with Gasteiger partial charge >= 0.3 is 0 Å². The van der Waals surface area contributed by atoms with E-state index in [0.717, 1.165) is 27.7 Å². The number of aromatic amines is 1. The number of hydrogen-bond acceptors (Lipinski definition) is 6. The largest absolute Gasteiger partial charge is 0.484 e. The first kappa shape index (κ1) is 20.3. The fourth-order valence-corrected chi connectivity index (χ4v) is 3.18. The number of ether oxygens (including phenoxy) is 1. The summed E-state index contributed by atoms with van der Waals surface area (Å²) in [5.74, 6) is 1.66. The van der Waals surface area contributed by atoms with Gasteiger partial charge in [0.05, 0.1) is 11.7 Å². The van der Waals surface area contributed by atoms with E-state index < -0.39 is 0 Å². The number of rotatable bonds is 7. The number of aryl methyl sites for hydroxylation is 1. The Labute approximate surface area is 180 Å². The van der Waals surface area contributed by atoms with E-state index in [4.69, 9.17) is 4.74 Å². The molecule has 0 atom stereocenters. The first-order valence-electron chi connectivity index (χ1n) is 10.0. The van der Waals surface area contributed by atoms with E-state index in [2.05, 4.69) is 30.8 Å². The molecule has 0 fully saturated rings. The third kappa shape index (κ3) is 4.98. The van der Waals surface area contributed by atoms with Crippen molar-refractivity contribution in [2.45, 2.75) is 26.8 Å². The van der Waals surface area contributed by atoms with E-state index in [1.165, 1.54) is 0 Å². The Morgan fingerprint density at radius 3 is 2.90 bits per heavy atom. The molecule has 0 saturated heterocycles. The lowest BCUT2D eigenvalue weighted by Gasteiger charge is -2.11. The van der Waals surface area contributed by atoms with Crippen LogP contribution in [0.3, 0.4) is 0 Å². The Balaban J connectivity index is 1.51. The zero-order valence-electron chi connectivity index (χ0n) is 17.6. The van der Waals surface area contributed by atoms with E-state index in [1.54, 1.807) is 18.5 Å². The van der Waals surface area contributed by atoms with Crippen LogP contribution in [0.4, 0.5) is 11.5 Å².